The number of hydrazine groups is 1. The number of carbonyl (C=O) groups excluding carboxylic acids is 2. The van der Waals surface area contributed by atoms with Crippen LogP contribution in [0.1, 0.15) is 32.1 Å². The van der Waals surface area contributed by atoms with Crippen LogP contribution in [0.4, 0.5) is 0 Å². The van der Waals surface area contributed by atoms with E-state index >= 15 is 0 Å². The smallest absolute Gasteiger partial charge is 0.243 e. The lowest BCUT2D eigenvalue weighted by Gasteiger charge is -2.36. The number of hydrogen-bond donors (Lipinski definition) is 0. The highest BCUT2D eigenvalue weighted by Crippen LogP contribution is 2.24. The molecule has 1 atom stereocenters. The number of rotatable bonds is 3. The molecule has 0 unspecified atom stereocenters. The fourth-order valence-corrected chi connectivity index (χ4v) is 2.47. The molecule has 0 radical (unpaired) electrons. The SMILES string of the molecule is COC[C@@H]1CCCN1N1C(=O)CCCC1=O. The van der Waals surface area contributed by atoms with E-state index in [-0.39, 0.29) is 17.9 Å². The number of hydrogen-bond acceptors (Lipinski definition) is 4. The molecule has 2 aliphatic heterocycles. The predicted octanol–water partition coefficient (Wildman–Crippen LogP) is 0.551. The third kappa shape index (κ3) is 2.10. The quantitative estimate of drug-likeness (QED) is 0.659. The molecule has 0 saturated carbocycles. The standard InChI is InChI=1S/C11H18N2O3/c1-16-8-9-4-3-7-12(9)13-10(14)5-2-6-11(13)15/h9H,2-8H2,1H3/t9-/m0/s1. The molecule has 2 amide bonds. The van der Waals surface area contributed by atoms with Gasteiger partial charge in [-0.15, -0.1) is 0 Å². The zero-order chi connectivity index (χ0) is 11.5. The zero-order valence-corrected chi connectivity index (χ0v) is 9.65. The van der Waals surface area contributed by atoms with E-state index in [2.05, 4.69) is 0 Å². The van der Waals surface area contributed by atoms with Crippen LogP contribution in [0, 0.1) is 0 Å². The number of imide groups is 1. The Labute approximate surface area is 95.3 Å². The fraction of sp³-hybridized carbons (Fsp3) is 0.818. The summed E-state index contributed by atoms with van der Waals surface area (Å²) in [5.41, 5.74) is 0. The van der Waals surface area contributed by atoms with Gasteiger partial charge in [0.2, 0.25) is 11.8 Å². The maximum Gasteiger partial charge on any atom is 0.243 e. The molecular formula is C11H18N2O3. The summed E-state index contributed by atoms with van der Waals surface area (Å²) in [6.07, 6.45) is 3.68. The van der Waals surface area contributed by atoms with Gasteiger partial charge in [0.25, 0.3) is 0 Å². The lowest BCUT2D eigenvalue weighted by atomic mass is 10.1. The molecule has 16 heavy (non-hydrogen) atoms. The molecule has 5 heteroatoms. The summed E-state index contributed by atoms with van der Waals surface area (Å²) in [7, 11) is 1.65. The van der Waals surface area contributed by atoms with Crippen LogP contribution in [0.15, 0.2) is 0 Å². The number of methoxy groups -OCH3 is 1. The third-order valence-corrected chi connectivity index (χ3v) is 3.22. The van der Waals surface area contributed by atoms with E-state index in [1.165, 1.54) is 5.01 Å². The molecule has 2 heterocycles. The van der Waals surface area contributed by atoms with Crippen LogP contribution in [0.2, 0.25) is 0 Å². The molecule has 2 fully saturated rings. The molecule has 0 aromatic rings. The first-order valence-corrected chi connectivity index (χ1v) is 5.85. The Morgan fingerprint density at radius 3 is 2.56 bits per heavy atom. The van der Waals surface area contributed by atoms with Gasteiger partial charge in [-0.05, 0) is 19.3 Å². The first kappa shape index (κ1) is 11.5. The average molecular weight is 226 g/mol. The maximum absolute atomic E-state index is 11.8. The molecule has 0 aromatic heterocycles. The molecule has 2 rings (SSSR count). The van der Waals surface area contributed by atoms with Gasteiger partial charge < -0.3 is 4.74 Å². The van der Waals surface area contributed by atoms with Gasteiger partial charge in [0.05, 0.1) is 12.6 Å². The second-order valence-electron chi connectivity index (χ2n) is 4.37. The van der Waals surface area contributed by atoms with Gasteiger partial charge in [-0.2, -0.15) is 0 Å². The fourth-order valence-electron chi connectivity index (χ4n) is 2.47. The van der Waals surface area contributed by atoms with E-state index in [0.717, 1.165) is 19.4 Å². The summed E-state index contributed by atoms with van der Waals surface area (Å²) in [4.78, 5) is 23.5. The Balaban J connectivity index is 2.09. The maximum atomic E-state index is 11.8. The molecule has 0 aromatic carbocycles. The molecular weight excluding hydrogens is 208 g/mol. The molecule has 2 aliphatic rings. The van der Waals surface area contributed by atoms with E-state index in [1.807, 2.05) is 5.01 Å². The molecule has 90 valence electrons. The van der Waals surface area contributed by atoms with Crippen molar-refractivity contribution in [2.75, 3.05) is 20.3 Å². The Hall–Kier alpha value is -0.940. The van der Waals surface area contributed by atoms with Gasteiger partial charge in [-0.3, -0.25) is 9.59 Å². The highest BCUT2D eigenvalue weighted by molar-refractivity contribution is 5.96. The molecule has 0 N–H and O–H groups in total. The van der Waals surface area contributed by atoms with Crippen LogP contribution in [0.25, 0.3) is 0 Å². The van der Waals surface area contributed by atoms with Gasteiger partial charge in [0.15, 0.2) is 0 Å². The highest BCUT2D eigenvalue weighted by atomic mass is 16.5. The van der Waals surface area contributed by atoms with Gasteiger partial charge in [0.1, 0.15) is 0 Å². The van der Waals surface area contributed by atoms with Crippen molar-refractivity contribution >= 4 is 11.8 Å². The summed E-state index contributed by atoms with van der Waals surface area (Å²) in [5, 5.41) is 3.26. The summed E-state index contributed by atoms with van der Waals surface area (Å²) < 4.78 is 5.13. The minimum Gasteiger partial charge on any atom is -0.383 e. The van der Waals surface area contributed by atoms with Crippen molar-refractivity contribution < 1.29 is 14.3 Å². The van der Waals surface area contributed by atoms with E-state index in [0.29, 0.717) is 25.9 Å². The van der Waals surface area contributed by atoms with Gasteiger partial charge in [-0.25, -0.2) is 10.0 Å². The van der Waals surface area contributed by atoms with Gasteiger partial charge in [-0.1, -0.05) is 0 Å². The van der Waals surface area contributed by atoms with Gasteiger partial charge >= 0.3 is 0 Å². The predicted molar refractivity (Wildman–Crippen MR) is 57.3 cm³/mol. The number of ether oxygens (including phenoxy) is 1. The monoisotopic (exact) mass is 226 g/mol. The van der Waals surface area contributed by atoms with Crippen molar-refractivity contribution in [3.8, 4) is 0 Å². The van der Waals surface area contributed by atoms with Crippen LogP contribution < -0.4 is 0 Å². The van der Waals surface area contributed by atoms with Crippen molar-refractivity contribution in [2.45, 2.75) is 38.1 Å². The first-order chi connectivity index (χ1) is 7.74. The second-order valence-corrected chi connectivity index (χ2v) is 4.37. The second kappa shape index (κ2) is 4.93. The van der Waals surface area contributed by atoms with E-state index in [9.17, 15) is 9.59 Å². The summed E-state index contributed by atoms with van der Waals surface area (Å²) in [5.74, 6) is -0.112. The molecule has 5 nitrogen and oxygen atoms in total. The van der Waals surface area contributed by atoms with Crippen molar-refractivity contribution in [1.29, 1.82) is 0 Å². The molecule has 2 saturated heterocycles. The molecule has 0 bridgehead atoms. The summed E-state index contributed by atoms with van der Waals surface area (Å²) >= 11 is 0. The summed E-state index contributed by atoms with van der Waals surface area (Å²) in [6, 6.07) is 0.177. The first-order valence-electron chi connectivity index (χ1n) is 5.85. The van der Waals surface area contributed by atoms with E-state index in [4.69, 9.17) is 4.74 Å². The van der Waals surface area contributed by atoms with Crippen molar-refractivity contribution in [3.63, 3.8) is 0 Å². The normalized spacial score (nSPS) is 27.8. The number of carbonyl (C=O) groups is 2. The van der Waals surface area contributed by atoms with E-state index in [1.54, 1.807) is 7.11 Å². The summed E-state index contributed by atoms with van der Waals surface area (Å²) in [6.45, 7) is 1.36. The van der Waals surface area contributed by atoms with E-state index < -0.39 is 0 Å². The van der Waals surface area contributed by atoms with Crippen LogP contribution in [0.5, 0.6) is 0 Å². The third-order valence-electron chi connectivity index (χ3n) is 3.22. The van der Waals surface area contributed by atoms with Crippen LogP contribution in [-0.2, 0) is 14.3 Å². The zero-order valence-electron chi connectivity index (χ0n) is 9.65. The number of piperidine rings is 1. The van der Waals surface area contributed by atoms with Crippen molar-refractivity contribution in [2.24, 2.45) is 0 Å². The number of nitrogens with zero attached hydrogens (tertiary/aromatic N) is 2. The average Bonchev–Trinajstić information content (AvgIpc) is 2.67. The van der Waals surface area contributed by atoms with Gasteiger partial charge in [0, 0.05) is 26.5 Å². The van der Waals surface area contributed by atoms with Crippen LogP contribution in [-0.4, -0.2) is 48.1 Å². The Kier molecular flexibility index (Phi) is 3.56. The largest absolute Gasteiger partial charge is 0.383 e. The lowest BCUT2D eigenvalue weighted by molar-refractivity contribution is -0.171. The van der Waals surface area contributed by atoms with Crippen LogP contribution >= 0.6 is 0 Å². The number of amides is 2. The highest BCUT2D eigenvalue weighted by Gasteiger charge is 2.37. The van der Waals surface area contributed by atoms with Crippen LogP contribution in [0.3, 0.4) is 0 Å². The Morgan fingerprint density at radius 2 is 1.94 bits per heavy atom. The van der Waals surface area contributed by atoms with Crippen molar-refractivity contribution in [1.82, 2.24) is 10.0 Å². The lowest BCUT2D eigenvalue weighted by Crippen LogP contribution is -2.54. The minimum absolute atomic E-state index is 0.0562. The Morgan fingerprint density at radius 1 is 1.25 bits per heavy atom. The molecule has 0 spiro atoms. The minimum atomic E-state index is -0.0562. The van der Waals surface area contributed by atoms with Crippen molar-refractivity contribution in [3.05, 3.63) is 0 Å². The molecule has 0 aliphatic carbocycles. The topological polar surface area (TPSA) is 49.9 Å². The Bertz CT molecular complexity index is 277.